The van der Waals surface area contributed by atoms with Crippen LogP contribution in [0, 0.1) is 5.95 Å². The van der Waals surface area contributed by atoms with Gasteiger partial charge in [0.15, 0.2) is 0 Å². The molecule has 26 heavy (non-hydrogen) atoms. The molecule has 0 aliphatic carbocycles. The quantitative estimate of drug-likeness (QED) is 0.557. The maximum Gasteiger partial charge on any atom is 0.244 e. The Bertz CT molecular complexity index is 908. The number of hydrogen-bond donors (Lipinski definition) is 1. The first-order valence-electron chi connectivity index (χ1n) is 8.23. The van der Waals surface area contributed by atoms with Crippen LogP contribution in [0.2, 0.25) is 0 Å². The minimum Gasteiger partial charge on any atom is -0.346 e. The number of aromatic nitrogens is 2. The lowest BCUT2D eigenvalue weighted by atomic mass is 10.0. The fraction of sp³-hybridized carbons (Fsp3) is 0.0952. The Hall–Kier alpha value is -3.34. The van der Waals surface area contributed by atoms with Crippen molar-refractivity contribution in [2.75, 3.05) is 0 Å². The molecule has 1 atom stereocenters. The summed E-state index contributed by atoms with van der Waals surface area (Å²) in [5.74, 6) is -0.706. The number of carbonyl (C=O) groups excluding carboxylic acids is 1. The molecule has 0 aliphatic rings. The van der Waals surface area contributed by atoms with Crippen LogP contribution in [0.5, 0.6) is 0 Å². The third-order valence-electron chi connectivity index (χ3n) is 3.90. The summed E-state index contributed by atoms with van der Waals surface area (Å²) in [7, 11) is 0. The molecule has 0 aliphatic heterocycles. The van der Waals surface area contributed by atoms with Crippen molar-refractivity contribution < 1.29 is 9.18 Å². The lowest BCUT2D eigenvalue weighted by Crippen LogP contribution is -2.24. The molecule has 1 aromatic carbocycles. The Morgan fingerprint density at radius 3 is 2.69 bits per heavy atom. The van der Waals surface area contributed by atoms with Gasteiger partial charge in [-0.1, -0.05) is 24.3 Å². The molecule has 0 spiro atoms. The van der Waals surface area contributed by atoms with Crippen molar-refractivity contribution in [3.05, 3.63) is 90.3 Å². The summed E-state index contributed by atoms with van der Waals surface area (Å²) in [5.41, 5.74) is 3.41. The van der Waals surface area contributed by atoms with Gasteiger partial charge in [-0.3, -0.25) is 9.78 Å². The van der Waals surface area contributed by atoms with Gasteiger partial charge in [0.1, 0.15) is 0 Å². The van der Waals surface area contributed by atoms with Crippen molar-refractivity contribution >= 4 is 12.0 Å². The maximum absolute atomic E-state index is 13.0. The summed E-state index contributed by atoms with van der Waals surface area (Å²) in [6, 6.07) is 16.1. The van der Waals surface area contributed by atoms with E-state index in [0.717, 1.165) is 22.4 Å². The topological polar surface area (TPSA) is 54.9 Å². The van der Waals surface area contributed by atoms with Gasteiger partial charge in [-0.15, -0.1) is 0 Å². The molecule has 3 aromatic rings. The number of pyridine rings is 2. The highest BCUT2D eigenvalue weighted by Crippen LogP contribution is 2.22. The normalized spacial score (nSPS) is 12.1. The van der Waals surface area contributed by atoms with Crippen molar-refractivity contribution in [3.63, 3.8) is 0 Å². The van der Waals surface area contributed by atoms with E-state index < -0.39 is 5.95 Å². The first kappa shape index (κ1) is 17.5. The summed E-state index contributed by atoms with van der Waals surface area (Å²) in [4.78, 5) is 19.9. The van der Waals surface area contributed by atoms with Crippen molar-refractivity contribution in [2.45, 2.75) is 13.0 Å². The van der Waals surface area contributed by atoms with Crippen molar-refractivity contribution in [1.29, 1.82) is 0 Å². The van der Waals surface area contributed by atoms with Gasteiger partial charge in [0.25, 0.3) is 0 Å². The van der Waals surface area contributed by atoms with Crippen LogP contribution in [0.1, 0.15) is 24.2 Å². The fourth-order valence-electron chi connectivity index (χ4n) is 2.51. The Morgan fingerprint density at radius 2 is 1.96 bits per heavy atom. The van der Waals surface area contributed by atoms with E-state index in [-0.39, 0.29) is 11.9 Å². The minimum absolute atomic E-state index is 0.177. The van der Waals surface area contributed by atoms with E-state index in [9.17, 15) is 9.18 Å². The monoisotopic (exact) mass is 347 g/mol. The molecule has 5 heteroatoms. The molecule has 2 heterocycles. The average Bonchev–Trinajstić information content (AvgIpc) is 2.68. The molecule has 0 radical (unpaired) electrons. The summed E-state index contributed by atoms with van der Waals surface area (Å²) < 4.78 is 13.0. The van der Waals surface area contributed by atoms with E-state index in [0.29, 0.717) is 0 Å². The van der Waals surface area contributed by atoms with E-state index in [4.69, 9.17) is 0 Å². The van der Waals surface area contributed by atoms with Crippen molar-refractivity contribution in [3.8, 4) is 11.1 Å². The SMILES string of the molecule is C[C@H](NC(=O)/C=C/c1ccccn1)c1cccc(-c2ccc(F)nc2)c1. The number of rotatable bonds is 5. The third-order valence-corrected chi connectivity index (χ3v) is 3.90. The lowest BCUT2D eigenvalue weighted by molar-refractivity contribution is -0.117. The summed E-state index contributed by atoms with van der Waals surface area (Å²) in [6.07, 6.45) is 6.30. The van der Waals surface area contributed by atoms with E-state index in [1.807, 2.05) is 49.4 Å². The maximum atomic E-state index is 13.0. The second-order valence-corrected chi connectivity index (χ2v) is 5.81. The zero-order chi connectivity index (χ0) is 18.4. The van der Waals surface area contributed by atoms with Gasteiger partial charge in [0.2, 0.25) is 11.9 Å². The van der Waals surface area contributed by atoms with E-state index in [2.05, 4.69) is 15.3 Å². The van der Waals surface area contributed by atoms with Gasteiger partial charge in [-0.2, -0.15) is 4.39 Å². The summed E-state index contributed by atoms with van der Waals surface area (Å²) >= 11 is 0. The Balaban J connectivity index is 1.69. The van der Waals surface area contributed by atoms with Crippen LogP contribution >= 0.6 is 0 Å². The number of nitrogens with zero attached hydrogens (tertiary/aromatic N) is 2. The highest BCUT2D eigenvalue weighted by atomic mass is 19.1. The molecule has 4 nitrogen and oxygen atoms in total. The molecule has 1 N–H and O–H groups in total. The van der Waals surface area contributed by atoms with Crippen LogP contribution in [0.25, 0.3) is 17.2 Å². The van der Waals surface area contributed by atoms with Gasteiger partial charge in [-0.25, -0.2) is 4.98 Å². The van der Waals surface area contributed by atoms with E-state index in [1.165, 1.54) is 18.3 Å². The number of halogens is 1. The van der Waals surface area contributed by atoms with Crippen LogP contribution in [0.4, 0.5) is 4.39 Å². The molecule has 0 fully saturated rings. The molecular formula is C21H18FN3O. The molecule has 3 rings (SSSR count). The standard InChI is InChI=1S/C21H18FN3O/c1-15(25-21(26)11-9-19-7-2-3-12-23-19)16-5-4-6-17(13-16)18-8-10-20(22)24-14-18/h2-15H,1H3,(H,25,26)/b11-9+/t15-/m0/s1. The van der Waals surface area contributed by atoms with Crippen molar-refractivity contribution in [1.82, 2.24) is 15.3 Å². The molecule has 0 saturated carbocycles. The van der Waals surface area contributed by atoms with Crippen LogP contribution in [-0.2, 0) is 4.79 Å². The second kappa shape index (κ2) is 8.16. The molecule has 0 bridgehead atoms. The van der Waals surface area contributed by atoms with E-state index >= 15 is 0 Å². The molecular weight excluding hydrogens is 329 g/mol. The molecule has 1 amide bonds. The van der Waals surface area contributed by atoms with Gasteiger partial charge in [-0.05, 0) is 54.5 Å². The number of carbonyl (C=O) groups is 1. The van der Waals surface area contributed by atoms with Gasteiger partial charge < -0.3 is 5.32 Å². The fourth-order valence-corrected chi connectivity index (χ4v) is 2.51. The molecule has 130 valence electrons. The van der Waals surface area contributed by atoms with Gasteiger partial charge in [0.05, 0.1) is 11.7 Å². The second-order valence-electron chi connectivity index (χ2n) is 5.81. The van der Waals surface area contributed by atoms with Gasteiger partial charge >= 0.3 is 0 Å². The number of nitrogens with one attached hydrogen (secondary N) is 1. The molecule has 2 aromatic heterocycles. The number of amides is 1. The highest BCUT2D eigenvalue weighted by molar-refractivity contribution is 5.91. The Kier molecular flexibility index (Phi) is 5.49. The lowest BCUT2D eigenvalue weighted by Gasteiger charge is -2.14. The largest absolute Gasteiger partial charge is 0.346 e. The van der Waals surface area contributed by atoms with Crippen molar-refractivity contribution in [2.24, 2.45) is 0 Å². The van der Waals surface area contributed by atoms with Crippen LogP contribution in [0.3, 0.4) is 0 Å². The zero-order valence-corrected chi connectivity index (χ0v) is 14.3. The summed E-state index contributed by atoms with van der Waals surface area (Å²) in [5, 5.41) is 2.93. The van der Waals surface area contributed by atoms with Crippen LogP contribution < -0.4 is 5.32 Å². The third kappa shape index (κ3) is 4.60. The molecule has 0 unspecified atom stereocenters. The zero-order valence-electron chi connectivity index (χ0n) is 14.3. The Morgan fingerprint density at radius 1 is 1.08 bits per heavy atom. The Labute approximate surface area is 151 Å². The predicted octanol–water partition coefficient (Wildman–Crippen LogP) is 4.17. The van der Waals surface area contributed by atoms with Crippen LogP contribution in [-0.4, -0.2) is 15.9 Å². The van der Waals surface area contributed by atoms with Crippen LogP contribution in [0.15, 0.2) is 73.1 Å². The van der Waals surface area contributed by atoms with E-state index in [1.54, 1.807) is 18.3 Å². The van der Waals surface area contributed by atoms with Gasteiger partial charge in [0, 0.05) is 24.0 Å². The first-order valence-corrected chi connectivity index (χ1v) is 8.23. The summed E-state index contributed by atoms with van der Waals surface area (Å²) in [6.45, 7) is 1.91. The highest BCUT2D eigenvalue weighted by Gasteiger charge is 2.09. The first-order chi connectivity index (χ1) is 12.6. The average molecular weight is 347 g/mol. The smallest absolute Gasteiger partial charge is 0.244 e. The predicted molar refractivity (Wildman–Crippen MR) is 99.5 cm³/mol. The number of benzene rings is 1. The minimum atomic E-state index is -0.509. The number of hydrogen-bond acceptors (Lipinski definition) is 3. The molecule has 0 saturated heterocycles.